The fourth-order valence-electron chi connectivity index (χ4n) is 3.57. The van der Waals surface area contributed by atoms with Gasteiger partial charge in [0, 0.05) is 0 Å². The lowest BCUT2D eigenvalue weighted by molar-refractivity contribution is -0.143. The zero-order chi connectivity index (χ0) is 26.4. The van der Waals surface area contributed by atoms with Crippen molar-refractivity contribution in [3.8, 4) is 0 Å². The lowest BCUT2D eigenvalue weighted by atomic mass is 9.96. The number of amides is 3. The molecule has 0 aromatic rings. The maximum atomic E-state index is 13.2. The molecular weight excluding hydrogens is 438 g/mol. The van der Waals surface area contributed by atoms with Crippen LogP contribution in [0.3, 0.4) is 0 Å². The van der Waals surface area contributed by atoms with Crippen LogP contribution in [0.25, 0.3) is 0 Å². The number of unbranched alkanes of at least 4 members (excludes halogenated alkanes) is 1. The Bertz CT molecular complexity index is 656. The highest BCUT2D eigenvalue weighted by Gasteiger charge is 2.32. The summed E-state index contributed by atoms with van der Waals surface area (Å²) in [7, 11) is 0. The summed E-state index contributed by atoms with van der Waals surface area (Å²) >= 11 is 0. The SMILES string of the molecule is CCC(C)C(NC(=O)C(N)CC(C)C)C(=O)NC(CCCCN)C(=O)NC(CC(C)C)C(=O)O. The van der Waals surface area contributed by atoms with Gasteiger partial charge in [0.15, 0.2) is 0 Å². The number of aliphatic carboxylic acids is 1. The molecular formula is C24H47N5O5. The predicted molar refractivity (Wildman–Crippen MR) is 133 cm³/mol. The molecule has 0 aliphatic rings. The van der Waals surface area contributed by atoms with Crippen LogP contribution in [0.2, 0.25) is 0 Å². The molecule has 0 spiro atoms. The molecule has 0 saturated heterocycles. The highest BCUT2D eigenvalue weighted by Crippen LogP contribution is 2.12. The molecule has 0 aliphatic carbocycles. The Morgan fingerprint density at radius 2 is 1.35 bits per heavy atom. The van der Waals surface area contributed by atoms with E-state index in [1.165, 1.54) is 0 Å². The van der Waals surface area contributed by atoms with Crippen LogP contribution in [0, 0.1) is 17.8 Å². The summed E-state index contributed by atoms with van der Waals surface area (Å²) < 4.78 is 0. The van der Waals surface area contributed by atoms with Crippen LogP contribution < -0.4 is 27.4 Å². The minimum Gasteiger partial charge on any atom is -0.480 e. The third-order valence-corrected chi connectivity index (χ3v) is 5.76. The number of carboxylic acids is 1. The average Bonchev–Trinajstić information content (AvgIpc) is 2.74. The molecule has 0 heterocycles. The monoisotopic (exact) mass is 485 g/mol. The Labute approximate surface area is 204 Å². The number of rotatable bonds is 17. The largest absolute Gasteiger partial charge is 0.480 e. The minimum absolute atomic E-state index is 0.0618. The summed E-state index contributed by atoms with van der Waals surface area (Å²) in [5.41, 5.74) is 11.6. The summed E-state index contributed by atoms with van der Waals surface area (Å²) in [5, 5.41) is 17.5. The van der Waals surface area contributed by atoms with Crippen LogP contribution in [-0.2, 0) is 19.2 Å². The van der Waals surface area contributed by atoms with Gasteiger partial charge in [-0.25, -0.2) is 4.79 Å². The molecule has 0 bridgehead atoms. The normalized spacial score (nSPS) is 15.8. The molecule has 0 aromatic carbocycles. The molecule has 0 aromatic heterocycles. The number of hydrogen-bond acceptors (Lipinski definition) is 6. The van der Waals surface area contributed by atoms with Crippen molar-refractivity contribution in [3.63, 3.8) is 0 Å². The maximum Gasteiger partial charge on any atom is 0.326 e. The lowest BCUT2D eigenvalue weighted by Gasteiger charge is -2.28. The molecule has 0 aliphatic heterocycles. The average molecular weight is 486 g/mol. The first-order valence-corrected chi connectivity index (χ1v) is 12.4. The van der Waals surface area contributed by atoms with Gasteiger partial charge in [0.1, 0.15) is 18.1 Å². The number of carbonyl (C=O) groups excluding carboxylic acids is 3. The van der Waals surface area contributed by atoms with Gasteiger partial charge in [-0.3, -0.25) is 14.4 Å². The van der Waals surface area contributed by atoms with Gasteiger partial charge in [-0.05, 0) is 56.4 Å². The Balaban J connectivity index is 5.56. The van der Waals surface area contributed by atoms with Crippen LogP contribution >= 0.6 is 0 Å². The van der Waals surface area contributed by atoms with Crippen molar-refractivity contribution in [2.45, 2.75) is 104 Å². The first-order chi connectivity index (χ1) is 15.8. The van der Waals surface area contributed by atoms with Gasteiger partial charge < -0.3 is 32.5 Å². The number of nitrogens with two attached hydrogens (primary N) is 2. The van der Waals surface area contributed by atoms with Gasteiger partial charge >= 0.3 is 5.97 Å². The van der Waals surface area contributed by atoms with E-state index in [-0.39, 0.29) is 24.2 Å². The molecule has 3 amide bonds. The van der Waals surface area contributed by atoms with Crippen molar-refractivity contribution >= 4 is 23.7 Å². The van der Waals surface area contributed by atoms with Gasteiger partial charge in [-0.15, -0.1) is 0 Å². The fraction of sp³-hybridized carbons (Fsp3) is 0.833. The summed E-state index contributed by atoms with van der Waals surface area (Å²) in [6.07, 6.45) is 2.91. The Morgan fingerprint density at radius 3 is 1.82 bits per heavy atom. The summed E-state index contributed by atoms with van der Waals surface area (Å²) in [4.78, 5) is 50.3. The number of nitrogens with one attached hydrogen (secondary N) is 3. The summed E-state index contributed by atoms with van der Waals surface area (Å²) in [6.45, 7) is 11.8. The Kier molecular flexibility index (Phi) is 15.4. The molecule has 10 nitrogen and oxygen atoms in total. The molecule has 8 N–H and O–H groups in total. The van der Waals surface area contributed by atoms with Crippen molar-refractivity contribution in [2.75, 3.05) is 6.54 Å². The van der Waals surface area contributed by atoms with E-state index in [1.54, 1.807) is 0 Å². The van der Waals surface area contributed by atoms with Crippen LogP contribution in [0.4, 0.5) is 0 Å². The minimum atomic E-state index is -1.13. The van der Waals surface area contributed by atoms with Crippen molar-refractivity contribution < 1.29 is 24.3 Å². The molecule has 0 fully saturated rings. The van der Waals surface area contributed by atoms with Crippen molar-refractivity contribution in [1.82, 2.24) is 16.0 Å². The Morgan fingerprint density at radius 1 is 0.794 bits per heavy atom. The summed E-state index contributed by atoms with van der Waals surface area (Å²) in [5.74, 6) is -2.52. The van der Waals surface area contributed by atoms with E-state index in [0.29, 0.717) is 38.6 Å². The van der Waals surface area contributed by atoms with E-state index in [0.717, 1.165) is 0 Å². The number of hydrogen-bond donors (Lipinski definition) is 6. The topological polar surface area (TPSA) is 177 Å². The van der Waals surface area contributed by atoms with Crippen LogP contribution in [0.15, 0.2) is 0 Å². The van der Waals surface area contributed by atoms with Gasteiger partial charge in [0.2, 0.25) is 17.7 Å². The second kappa shape index (κ2) is 16.4. The van der Waals surface area contributed by atoms with Gasteiger partial charge in [0.25, 0.3) is 0 Å². The van der Waals surface area contributed by atoms with E-state index in [9.17, 15) is 24.3 Å². The third kappa shape index (κ3) is 12.3. The van der Waals surface area contributed by atoms with Gasteiger partial charge in [0.05, 0.1) is 6.04 Å². The predicted octanol–water partition coefficient (Wildman–Crippen LogP) is 1.12. The highest BCUT2D eigenvalue weighted by molar-refractivity contribution is 5.94. The molecule has 5 atom stereocenters. The van der Waals surface area contributed by atoms with E-state index in [4.69, 9.17) is 11.5 Å². The molecule has 0 radical (unpaired) electrons. The van der Waals surface area contributed by atoms with E-state index in [1.807, 2.05) is 41.5 Å². The first kappa shape index (κ1) is 31.8. The zero-order valence-corrected chi connectivity index (χ0v) is 21.7. The zero-order valence-electron chi connectivity index (χ0n) is 21.7. The molecule has 0 rings (SSSR count). The quantitative estimate of drug-likeness (QED) is 0.167. The second-order valence-corrected chi connectivity index (χ2v) is 9.98. The third-order valence-electron chi connectivity index (χ3n) is 5.76. The molecule has 5 unspecified atom stereocenters. The molecule has 10 heteroatoms. The number of carbonyl (C=O) groups is 4. The second-order valence-electron chi connectivity index (χ2n) is 9.98. The smallest absolute Gasteiger partial charge is 0.326 e. The number of carboxylic acid groups (broad SMARTS) is 1. The van der Waals surface area contributed by atoms with E-state index >= 15 is 0 Å². The van der Waals surface area contributed by atoms with Gasteiger partial charge in [-0.1, -0.05) is 48.0 Å². The van der Waals surface area contributed by atoms with Crippen molar-refractivity contribution in [1.29, 1.82) is 0 Å². The van der Waals surface area contributed by atoms with Crippen LogP contribution in [-0.4, -0.2) is 59.5 Å². The summed E-state index contributed by atoms with van der Waals surface area (Å²) in [6, 6.07) is -3.61. The molecule has 198 valence electrons. The maximum absolute atomic E-state index is 13.2. The van der Waals surface area contributed by atoms with Crippen molar-refractivity contribution in [2.24, 2.45) is 29.2 Å². The van der Waals surface area contributed by atoms with Crippen LogP contribution in [0.1, 0.15) is 80.1 Å². The molecule has 34 heavy (non-hydrogen) atoms. The fourth-order valence-corrected chi connectivity index (χ4v) is 3.57. The van der Waals surface area contributed by atoms with E-state index in [2.05, 4.69) is 16.0 Å². The standard InChI is InChI=1S/C24H47N5O5/c1-7-16(6)20(29-21(30)17(26)12-14(2)3)23(32)27-18(10-8-9-11-25)22(31)28-19(24(33)34)13-15(4)5/h14-20H,7-13,25-26H2,1-6H3,(H,27,32)(H,28,31)(H,29,30)(H,33,34). The van der Waals surface area contributed by atoms with Gasteiger partial charge in [-0.2, -0.15) is 0 Å². The van der Waals surface area contributed by atoms with Crippen molar-refractivity contribution in [3.05, 3.63) is 0 Å². The first-order valence-electron chi connectivity index (χ1n) is 12.4. The Hall–Kier alpha value is -2.20. The van der Waals surface area contributed by atoms with Crippen LogP contribution in [0.5, 0.6) is 0 Å². The highest BCUT2D eigenvalue weighted by atomic mass is 16.4. The van der Waals surface area contributed by atoms with E-state index < -0.39 is 47.9 Å². The lowest BCUT2D eigenvalue weighted by Crippen LogP contribution is -2.58. The molecule has 0 saturated carbocycles.